The number of nitrogens with zero attached hydrogens (tertiary/aromatic N) is 1. The molecule has 2 aromatic heterocycles. The second-order valence-electron chi connectivity index (χ2n) is 4.54. The highest BCUT2D eigenvalue weighted by molar-refractivity contribution is 7.15. The molecule has 1 aromatic carbocycles. The number of hydrogen-bond acceptors (Lipinski definition) is 4. The fraction of sp³-hybridized carbons (Fsp3) is 0.188. The first-order valence-corrected chi connectivity index (χ1v) is 8.40. The van der Waals surface area contributed by atoms with Gasteiger partial charge in [-0.1, -0.05) is 30.3 Å². The van der Waals surface area contributed by atoms with Crippen molar-refractivity contribution in [2.75, 3.05) is 6.54 Å². The van der Waals surface area contributed by atoms with Crippen molar-refractivity contribution in [1.82, 2.24) is 10.3 Å². The van der Waals surface area contributed by atoms with Gasteiger partial charge in [0.1, 0.15) is 0 Å². The van der Waals surface area contributed by atoms with Gasteiger partial charge < -0.3 is 5.32 Å². The third kappa shape index (κ3) is 3.54. The zero-order valence-electron chi connectivity index (χ0n) is 11.1. The first kappa shape index (κ1) is 13.5. The lowest BCUT2D eigenvalue weighted by Crippen LogP contribution is -2.15. The summed E-state index contributed by atoms with van der Waals surface area (Å²) >= 11 is 3.52. The van der Waals surface area contributed by atoms with Crippen LogP contribution < -0.4 is 5.32 Å². The van der Waals surface area contributed by atoms with Crippen LogP contribution in [0.4, 0.5) is 0 Å². The maximum atomic E-state index is 4.29. The number of aromatic nitrogens is 1. The van der Waals surface area contributed by atoms with Crippen LogP contribution in [-0.2, 0) is 13.0 Å². The van der Waals surface area contributed by atoms with Gasteiger partial charge in [-0.3, -0.25) is 0 Å². The average Bonchev–Trinajstić information content (AvgIpc) is 3.16. The first-order valence-electron chi connectivity index (χ1n) is 6.64. The molecule has 0 bridgehead atoms. The van der Waals surface area contributed by atoms with Crippen LogP contribution in [0.1, 0.15) is 10.6 Å². The van der Waals surface area contributed by atoms with Crippen LogP contribution in [-0.4, -0.2) is 11.5 Å². The first-order chi connectivity index (χ1) is 9.92. The highest BCUT2D eigenvalue weighted by atomic mass is 32.1. The molecule has 0 unspecified atom stereocenters. The van der Waals surface area contributed by atoms with Gasteiger partial charge in [-0.2, -0.15) is 0 Å². The Morgan fingerprint density at radius 2 is 1.95 bits per heavy atom. The monoisotopic (exact) mass is 300 g/mol. The van der Waals surface area contributed by atoms with Crippen molar-refractivity contribution in [2.45, 2.75) is 13.0 Å². The van der Waals surface area contributed by atoms with Gasteiger partial charge in [0, 0.05) is 34.6 Å². The van der Waals surface area contributed by atoms with Crippen molar-refractivity contribution in [2.24, 2.45) is 0 Å². The lowest BCUT2D eigenvalue weighted by Gasteiger charge is -2.01. The van der Waals surface area contributed by atoms with Gasteiger partial charge in [-0.25, -0.2) is 4.98 Å². The van der Waals surface area contributed by atoms with Gasteiger partial charge in [0.05, 0.1) is 11.2 Å². The summed E-state index contributed by atoms with van der Waals surface area (Å²) < 4.78 is 0. The van der Waals surface area contributed by atoms with Crippen molar-refractivity contribution in [1.29, 1.82) is 0 Å². The van der Waals surface area contributed by atoms with Gasteiger partial charge in [-0.05, 0) is 17.7 Å². The number of benzene rings is 1. The Morgan fingerprint density at radius 1 is 1.05 bits per heavy atom. The van der Waals surface area contributed by atoms with Crippen LogP contribution in [0.15, 0.2) is 53.4 Å². The molecule has 0 amide bonds. The van der Waals surface area contributed by atoms with E-state index in [1.54, 1.807) is 11.3 Å². The smallest absolute Gasteiger partial charge is 0.0794 e. The van der Waals surface area contributed by atoms with Crippen molar-refractivity contribution < 1.29 is 0 Å². The molecule has 0 saturated carbocycles. The Morgan fingerprint density at radius 3 is 2.75 bits per heavy atom. The minimum absolute atomic E-state index is 0.932. The standard InChI is InChI=1S/C16H16N2S2/c1-2-4-13(5-3-1)16-7-6-15(20-16)10-17-9-8-14-11-19-12-18-14/h1-7,11-12,17H,8-10H2. The van der Waals surface area contributed by atoms with Gasteiger partial charge in [-0.15, -0.1) is 22.7 Å². The van der Waals surface area contributed by atoms with Crippen molar-refractivity contribution in [3.05, 3.63) is 63.9 Å². The molecular weight excluding hydrogens is 284 g/mol. The molecule has 20 heavy (non-hydrogen) atoms. The van der Waals surface area contributed by atoms with Crippen LogP contribution in [0.2, 0.25) is 0 Å². The molecule has 2 heterocycles. The molecule has 0 aliphatic carbocycles. The summed E-state index contributed by atoms with van der Waals surface area (Å²) in [5.74, 6) is 0. The van der Waals surface area contributed by atoms with Crippen molar-refractivity contribution >= 4 is 22.7 Å². The predicted molar refractivity (Wildman–Crippen MR) is 87.3 cm³/mol. The fourth-order valence-electron chi connectivity index (χ4n) is 2.02. The second-order valence-corrected chi connectivity index (χ2v) is 6.43. The summed E-state index contributed by atoms with van der Waals surface area (Å²) in [5, 5.41) is 5.59. The van der Waals surface area contributed by atoms with E-state index in [-0.39, 0.29) is 0 Å². The van der Waals surface area contributed by atoms with E-state index < -0.39 is 0 Å². The van der Waals surface area contributed by atoms with Crippen LogP contribution in [0.3, 0.4) is 0 Å². The van der Waals surface area contributed by atoms with E-state index in [2.05, 4.69) is 58.1 Å². The van der Waals surface area contributed by atoms with E-state index in [9.17, 15) is 0 Å². The molecule has 1 N–H and O–H groups in total. The van der Waals surface area contributed by atoms with Crippen LogP contribution in [0.25, 0.3) is 10.4 Å². The number of nitrogens with one attached hydrogen (secondary N) is 1. The molecule has 0 atom stereocenters. The maximum Gasteiger partial charge on any atom is 0.0794 e. The highest BCUT2D eigenvalue weighted by Gasteiger charge is 2.02. The van der Waals surface area contributed by atoms with E-state index in [1.165, 1.54) is 21.0 Å². The van der Waals surface area contributed by atoms with Gasteiger partial charge in [0.2, 0.25) is 0 Å². The third-order valence-corrected chi connectivity index (χ3v) is 4.83. The Bertz CT molecular complexity index is 630. The Hall–Kier alpha value is -1.49. The molecular formula is C16H16N2S2. The Balaban J connectivity index is 1.50. The molecule has 4 heteroatoms. The molecule has 3 rings (SSSR count). The largest absolute Gasteiger partial charge is 0.311 e. The SMILES string of the molecule is c1ccc(-c2ccc(CNCCc3cscn3)s2)cc1. The van der Waals surface area contributed by atoms with Crippen LogP contribution >= 0.6 is 22.7 Å². The molecule has 102 valence electrons. The minimum Gasteiger partial charge on any atom is -0.311 e. The average molecular weight is 300 g/mol. The summed E-state index contributed by atoms with van der Waals surface area (Å²) in [6, 6.07) is 15.0. The van der Waals surface area contributed by atoms with Gasteiger partial charge in [0.15, 0.2) is 0 Å². The second kappa shape index (κ2) is 6.79. The number of rotatable bonds is 6. The molecule has 0 fully saturated rings. The summed E-state index contributed by atoms with van der Waals surface area (Å²) in [6.07, 6.45) is 1.00. The zero-order chi connectivity index (χ0) is 13.6. The molecule has 0 aliphatic rings. The van der Waals surface area contributed by atoms with Crippen molar-refractivity contribution in [3.63, 3.8) is 0 Å². The molecule has 0 aliphatic heterocycles. The molecule has 3 aromatic rings. The maximum absolute atomic E-state index is 4.29. The van der Waals surface area contributed by atoms with E-state index in [0.717, 1.165) is 19.5 Å². The quantitative estimate of drug-likeness (QED) is 0.690. The number of thiazole rings is 1. The van der Waals surface area contributed by atoms with Crippen LogP contribution in [0.5, 0.6) is 0 Å². The predicted octanol–water partition coefficient (Wildman–Crippen LogP) is 4.20. The summed E-state index contributed by atoms with van der Waals surface area (Å²) in [7, 11) is 0. The Kier molecular flexibility index (Phi) is 4.58. The van der Waals surface area contributed by atoms with E-state index in [1.807, 2.05) is 16.8 Å². The molecule has 2 nitrogen and oxygen atoms in total. The summed E-state index contributed by atoms with van der Waals surface area (Å²) in [6.45, 7) is 1.91. The summed E-state index contributed by atoms with van der Waals surface area (Å²) in [5.41, 5.74) is 4.37. The topological polar surface area (TPSA) is 24.9 Å². The fourth-order valence-corrected chi connectivity index (χ4v) is 3.60. The number of hydrogen-bond donors (Lipinski definition) is 1. The molecule has 0 radical (unpaired) electrons. The normalized spacial score (nSPS) is 10.8. The lowest BCUT2D eigenvalue weighted by molar-refractivity contribution is 0.688. The van der Waals surface area contributed by atoms with E-state index >= 15 is 0 Å². The highest BCUT2D eigenvalue weighted by Crippen LogP contribution is 2.27. The van der Waals surface area contributed by atoms with E-state index in [0.29, 0.717) is 0 Å². The van der Waals surface area contributed by atoms with Gasteiger partial charge in [0.25, 0.3) is 0 Å². The third-order valence-electron chi connectivity index (χ3n) is 3.06. The summed E-state index contributed by atoms with van der Waals surface area (Å²) in [4.78, 5) is 7.00. The molecule has 0 spiro atoms. The number of thiophene rings is 1. The van der Waals surface area contributed by atoms with E-state index in [4.69, 9.17) is 0 Å². The molecule has 0 saturated heterocycles. The minimum atomic E-state index is 0.932. The zero-order valence-corrected chi connectivity index (χ0v) is 12.7. The van der Waals surface area contributed by atoms with Crippen molar-refractivity contribution in [3.8, 4) is 10.4 Å². The van der Waals surface area contributed by atoms with Gasteiger partial charge >= 0.3 is 0 Å². The lowest BCUT2D eigenvalue weighted by atomic mass is 10.2. The van der Waals surface area contributed by atoms with Crippen LogP contribution in [0, 0.1) is 0 Å². The Labute approximate surface area is 127 Å².